The Hall–Kier alpha value is -1.63. The van der Waals surface area contributed by atoms with Gasteiger partial charge in [0.2, 0.25) is 0 Å². The van der Waals surface area contributed by atoms with Crippen LogP contribution in [0.25, 0.3) is 0 Å². The molecule has 0 spiro atoms. The highest BCUT2D eigenvalue weighted by molar-refractivity contribution is 5.94. The molecular weight excluding hydrogens is 290 g/mol. The van der Waals surface area contributed by atoms with Crippen molar-refractivity contribution in [2.75, 3.05) is 20.2 Å². The molecule has 0 aliphatic carbocycles. The summed E-state index contributed by atoms with van der Waals surface area (Å²) in [6, 6.07) is 1.78. The van der Waals surface area contributed by atoms with Crippen molar-refractivity contribution in [2.24, 2.45) is 0 Å². The molecule has 21 heavy (non-hydrogen) atoms. The summed E-state index contributed by atoms with van der Waals surface area (Å²) in [4.78, 5) is 13.1. The average Bonchev–Trinajstić information content (AvgIpc) is 2.36. The second kappa shape index (κ2) is 6.89. The SMILES string of the molecule is CC(C)OCCN(C)C(=O)c1cc(C(F)(F)F)ccc1F. The van der Waals surface area contributed by atoms with Gasteiger partial charge in [-0.15, -0.1) is 0 Å². The van der Waals surface area contributed by atoms with Gasteiger partial charge in [-0.1, -0.05) is 0 Å². The summed E-state index contributed by atoms with van der Waals surface area (Å²) in [5.74, 6) is -1.80. The number of alkyl halides is 3. The molecule has 7 heteroatoms. The smallest absolute Gasteiger partial charge is 0.377 e. The highest BCUT2D eigenvalue weighted by atomic mass is 19.4. The fourth-order valence-corrected chi connectivity index (χ4v) is 1.60. The van der Waals surface area contributed by atoms with E-state index in [0.29, 0.717) is 18.2 Å². The van der Waals surface area contributed by atoms with E-state index in [0.717, 1.165) is 4.90 Å². The minimum absolute atomic E-state index is 0.0289. The quantitative estimate of drug-likeness (QED) is 0.781. The monoisotopic (exact) mass is 307 g/mol. The molecule has 0 aromatic heterocycles. The molecule has 0 N–H and O–H groups in total. The van der Waals surface area contributed by atoms with Gasteiger partial charge in [-0.25, -0.2) is 4.39 Å². The van der Waals surface area contributed by atoms with Crippen molar-refractivity contribution in [3.05, 3.63) is 35.1 Å². The topological polar surface area (TPSA) is 29.5 Å². The van der Waals surface area contributed by atoms with Gasteiger partial charge in [-0.3, -0.25) is 4.79 Å². The van der Waals surface area contributed by atoms with Crippen molar-refractivity contribution in [3.8, 4) is 0 Å². The Balaban J connectivity index is 2.86. The number of hydrogen-bond donors (Lipinski definition) is 0. The van der Waals surface area contributed by atoms with E-state index < -0.39 is 29.0 Å². The molecule has 3 nitrogen and oxygen atoms in total. The van der Waals surface area contributed by atoms with Gasteiger partial charge in [-0.2, -0.15) is 13.2 Å². The number of amides is 1. The molecule has 118 valence electrons. The number of rotatable bonds is 5. The summed E-state index contributed by atoms with van der Waals surface area (Å²) in [7, 11) is 1.38. The Bertz CT molecular complexity index is 500. The summed E-state index contributed by atoms with van der Waals surface area (Å²) < 4.78 is 56.6. The third kappa shape index (κ3) is 5.00. The van der Waals surface area contributed by atoms with Gasteiger partial charge < -0.3 is 9.64 Å². The lowest BCUT2D eigenvalue weighted by atomic mass is 10.1. The van der Waals surface area contributed by atoms with Crippen molar-refractivity contribution < 1.29 is 27.1 Å². The van der Waals surface area contributed by atoms with Crippen molar-refractivity contribution in [2.45, 2.75) is 26.1 Å². The number of halogens is 4. The zero-order chi connectivity index (χ0) is 16.2. The minimum atomic E-state index is -4.62. The molecule has 0 bridgehead atoms. The van der Waals surface area contributed by atoms with Crippen LogP contribution in [-0.2, 0) is 10.9 Å². The molecule has 1 rings (SSSR count). The van der Waals surface area contributed by atoms with E-state index >= 15 is 0 Å². The standard InChI is InChI=1S/C14H17F4NO2/c1-9(2)21-7-6-19(3)13(20)11-8-10(14(16,17)18)4-5-12(11)15/h4-5,8-9H,6-7H2,1-3H3. The summed E-state index contributed by atoms with van der Waals surface area (Å²) >= 11 is 0. The van der Waals surface area contributed by atoms with Gasteiger partial charge in [0.1, 0.15) is 5.82 Å². The number of nitrogens with zero attached hydrogens (tertiary/aromatic N) is 1. The second-order valence-electron chi connectivity index (χ2n) is 4.84. The van der Waals surface area contributed by atoms with Crippen LogP contribution in [0.2, 0.25) is 0 Å². The van der Waals surface area contributed by atoms with Gasteiger partial charge in [-0.05, 0) is 32.0 Å². The first-order chi connectivity index (χ1) is 9.62. The molecule has 1 aromatic carbocycles. The van der Waals surface area contributed by atoms with Crippen LogP contribution in [0.15, 0.2) is 18.2 Å². The summed E-state index contributed by atoms with van der Waals surface area (Å²) in [6.45, 7) is 4.01. The first-order valence-electron chi connectivity index (χ1n) is 6.36. The highest BCUT2D eigenvalue weighted by Crippen LogP contribution is 2.30. The third-order valence-electron chi connectivity index (χ3n) is 2.75. The molecule has 1 amide bonds. The molecule has 0 fully saturated rings. The number of carbonyl (C=O) groups excluding carboxylic acids is 1. The van der Waals surface area contributed by atoms with E-state index in [2.05, 4.69) is 0 Å². The maximum atomic E-state index is 13.6. The van der Waals surface area contributed by atoms with Crippen LogP contribution in [0.4, 0.5) is 17.6 Å². The van der Waals surface area contributed by atoms with Gasteiger partial charge >= 0.3 is 6.18 Å². The number of likely N-dealkylation sites (N-methyl/N-ethyl adjacent to an activating group) is 1. The fourth-order valence-electron chi connectivity index (χ4n) is 1.60. The summed E-state index contributed by atoms with van der Waals surface area (Å²) in [6.07, 6.45) is -4.65. The lowest BCUT2D eigenvalue weighted by Gasteiger charge is -2.19. The van der Waals surface area contributed by atoms with Crippen LogP contribution >= 0.6 is 0 Å². The molecule has 0 saturated carbocycles. The van der Waals surface area contributed by atoms with Crippen LogP contribution in [0.3, 0.4) is 0 Å². The summed E-state index contributed by atoms with van der Waals surface area (Å²) in [5, 5.41) is 0. The largest absolute Gasteiger partial charge is 0.416 e. The number of carbonyl (C=O) groups is 1. The highest BCUT2D eigenvalue weighted by Gasteiger charge is 2.32. The predicted molar refractivity (Wildman–Crippen MR) is 69.5 cm³/mol. The van der Waals surface area contributed by atoms with Crippen LogP contribution in [0.1, 0.15) is 29.8 Å². The lowest BCUT2D eigenvalue weighted by molar-refractivity contribution is -0.137. The van der Waals surface area contributed by atoms with Crippen molar-refractivity contribution >= 4 is 5.91 Å². The van der Waals surface area contributed by atoms with Crippen LogP contribution in [0, 0.1) is 5.82 Å². The number of benzene rings is 1. The number of hydrogen-bond acceptors (Lipinski definition) is 2. The minimum Gasteiger partial charge on any atom is -0.377 e. The fraction of sp³-hybridized carbons (Fsp3) is 0.500. The van der Waals surface area contributed by atoms with Gasteiger partial charge in [0.05, 0.1) is 23.8 Å². The molecule has 1 aromatic rings. The predicted octanol–water partition coefficient (Wildman–Crippen LogP) is 3.34. The van der Waals surface area contributed by atoms with Crippen LogP contribution < -0.4 is 0 Å². The zero-order valence-corrected chi connectivity index (χ0v) is 12.0. The normalized spacial score (nSPS) is 11.8. The van der Waals surface area contributed by atoms with Crippen LogP contribution in [-0.4, -0.2) is 37.1 Å². The molecule has 0 radical (unpaired) electrons. The third-order valence-corrected chi connectivity index (χ3v) is 2.75. The number of ether oxygens (including phenoxy) is 1. The van der Waals surface area contributed by atoms with Gasteiger partial charge in [0, 0.05) is 13.6 Å². The Labute approximate surface area is 120 Å². The van der Waals surface area contributed by atoms with E-state index in [-0.39, 0.29) is 19.3 Å². The van der Waals surface area contributed by atoms with E-state index in [1.54, 1.807) is 0 Å². The lowest BCUT2D eigenvalue weighted by Crippen LogP contribution is -2.31. The first-order valence-corrected chi connectivity index (χ1v) is 6.36. The van der Waals surface area contributed by atoms with Gasteiger partial charge in [0.15, 0.2) is 0 Å². The molecular formula is C14H17F4NO2. The Morgan fingerprint density at radius 2 is 1.95 bits per heavy atom. The Kier molecular flexibility index (Phi) is 5.71. The maximum absolute atomic E-state index is 13.6. The molecule has 0 aliphatic heterocycles. The average molecular weight is 307 g/mol. The molecule has 0 heterocycles. The zero-order valence-electron chi connectivity index (χ0n) is 12.0. The molecule has 0 unspecified atom stereocenters. The first kappa shape index (κ1) is 17.4. The second-order valence-corrected chi connectivity index (χ2v) is 4.84. The summed E-state index contributed by atoms with van der Waals surface area (Å²) in [5.41, 5.74) is -1.66. The van der Waals surface area contributed by atoms with E-state index in [1.165, 1.54) is 7.05 Å². The van der Waals surface area contributed by atoms with Gasteiger partial charge in [0.25, 0.3) is 5.91 Å². The molecule has 0 saturated heterocycles. The molecule has 0 atom stereocenters. The van der Waals surface area contributed by atoms with E-state index in [9.17, 15) is 22.4 Å². The van der Waals surface area contributed by atoms with Crippen LogP contribution in [0.5, 0.6) is 0 Å². The van der Waals surface area contributed by atoms with E-state index in [1.807, 2.05) is 13.8 Å². The maximum Gasteiger partial charge on any atom is 0.416 e. The molecule has 0 aliphatic rings. The van der Waals surface area contributed by atoms with Crippen molar-refractivity contribution in [1.29, 1.82) is 0 Å². The Morgan fingerprint density at radius 3 is 2.48 bits per heavy atom. The Morgan fingerprint density at radius 1 is 1.33 bits per heavy atom. The van der Waals surface area contributed by atoms with Crippen molar-refractivity contribution in [3.63, 3.8) is 0 Å². The van der Waals surface area contributed by atoms with Crippen molar-refractivity contribution in [1.82, 2.24) is 4.90 Å². The van der Waals surface area contributed by atoms with E-state index in [4.69, 9.17) is 4.74 Å².